The number of benzene rings is 1. The molecule has 3 heteroatoms. The van der Waals surface area contributed by atoms with E-state index in [-0.39, 0.29) is 18.0 Å². The van der Waals surface area contributed by atoms with Crippen molar-refractivity contribution in [1.82, 2.24) is 0 Å². The Hall–Kier alpha value is -0.600. The van der Waals surface area contributed by atoms with E-state index in [0.717, 1.165) is 11.1 Å². The summed E-state index contributed by atoms with van der Waals surface area (Å²) in [7, 11) is 0. The molecule has 1 aliphatic carbocycles. The Kier molecular flexibility index (Phi) is 1.15. The average Bonchev–Trinajstić information content (AvgIpc) is 2.68. The van der Waals surface area contributed by atoms with Gasteiger partial charge in [0.15, 0.2) is 0 Å². The van der Waals surface area contributed by atoms with Crippen molar-refractivity contribution in [2.45, 2.75) is 18.6 Å². The molecule has 1 nitrogen and oxygen atoms in total. The zero-order valence-corrected chi connectivity index (χ0v) is 6.94. The fraction of sp³-hybridized carbons (Fsp3) is 0.333. The second kappa shape index (κ2) is 2.01. The van der Waals surface area contributed by atoms with Crippen molar-refractivity contribution in [3.63, 3.8) is 0 Å². The van der Waals surface area contributed by atoms with Crippen LogP contribution in [0.25, 0.3) is 0 Å². The third-order valence-corrected chi connectivity index (χ3v) is 2.71. The maximum absolute atomic E-state index is 13.2. The standard InChI is InChI=1S/C9H6ClFO/c10-4-1-6-5(7(11)2-4)3-8-9(6)12-8/h1-2,8-9H,3H2/t8-,9+/m1/s1. The lowest BCUT2D eigenvalue weighted by Crippen LogP contribution is -1.93. The first kappa shape index (κ1) is 6.87. The number of hydrogen-bond donors (Lipinski definition) is 0. The molecule has 0 radical (unpaired) electrons. The first-order chi connectivity index (χ1) is 5.75. The number of halogens is 2. The Morgan fingerprint density at radius 2 is 2.33 bits per heavy atom. The Labute approximate surface area is 74.1 Å². The molecule has 1 saturated heterocycles. The summed E-state index contributed by atoms with van der Waals surface area (Å²) >= 11 is 5.72. The summed E-state index contributed by atoms with van der Waals surface area (Å²) in [6.07, 6.45) is 1.07. The van der Waals surface area contributed by atoms with E-state index in [1.807, 2.05) is 0 Å². The van der Waals surface area contributed by atoms with Gasteiger partial charge in [-0.05, 0) is 23.3 Å². The van der Waals surface area contributed by atoms with Gasteiger partial charge < -0.3 is 4.74 Å². The molecule has 2 aliphatic rings. The van der Waals surface area contributed by atoms with Gasteiger partial charge in [0.2, 0.25) is 0 Å². The summed E-state index contributed by atoms with van der Waals surface area (Å²) in [5.74, 6) is -0.187. The summed E-state index contributed by atoms with van der Waals surface area (Å²) in [5.41, 5.74) is 1.74. The van der Waals surface area contributed by atoms with E-state index in [9.17, 15) is 4.39 Å². The van der Waals surface area contributed by atoms with Crippen molar-refractivity contribution in [2.75, 3.05) is 0 Å². The molecule has 0 saturated carbocycles. The van der Waals surface area contributed by atoms with Crippen LogP contribution in [-0.2, 0) is 11.2 Å². The number of hydrogen-bond acceptors (Lipinski definition) is 1. The van der Waals surface area contributed by atoms with E-state index in [0.29, 0.717) is 11.4 Å². The second-order valence-electron chi connectivity index (χ2n) is 3.25. The number of ether oxygens (including phenoxy) is 1. The molecule has 0 unspecified atom stereocenters. The molecule has 1 aromatic rings. The van der Waals surface area contributed by atoms with E-state index in [1.54, 1.807) is 6.07 Å². The predicted octanol–water partition coefficient (Wildman–Crippen LogP) is 2.48. The van der Waals surface area contributed by atoms with Gasteiger partial charge in [-0.2, -0.15) is 0 Å². The average molecular weight is 185 g/mol. The van der Waals surface area contributed by atoms with Gasteiger partial charge in [-0.3, -0.25) is 0 Å². The molecule has 12 heavy (non-hydrogen) atoms. The van der Waals surface area contributed by atoms with Gasteiger partial charge in [-0.15, -0.1) is 0 Å². The van der Waals surface area contributed by atoms with Crippen LogP contribution in [0.1, 0.15) is 17.2 Å². The highest BCUT2D eigenvalue weighted by molar-refractivity contribution is 6.30. The Morgan fingerprint density at radius 1 is 1.50 bits per heavy atom. The van der Waals surface area contributed by atoms with E-state index in [1.165, 1.54) is 6.07 Å². The largest absolute Gasteiger partial charge is 0.364 e. The molecule has 0 spiro atoms. The van der Waals surface area contributed by atoms with Gasteiger partial charge in [0.1, 0.15) is 11.9 Å². The van der Waals surface area contributed by atoms with Crippen LogP contribution in [0.5, 0.6) is 0 Å². The lowest BCUT2D eigenvalue weighted by Gasteiger charge is -2.03. The number of rotatable bonds is 0. The molecular weight excluding hydrogens is 179 g/mol. The van der Waals surface area contributed by atoms with Gasteiger partial charge in [0.05, 0.1) is 6.10 Å². The molecule has 1 aromatic carbocycles. The molecule has 1 heterocycles. The molecule has 3 rings (SSSR count). The number of epoxide rings is 1. The van der Waals surface area contributed by atoms with Crippen LogP contribution in [0.15, 0.2) is 12.1 Å². The van der Waals surface area contributed by atoms with E-state index >= 15 is 0 Å². The summed E-state index contributed by atoms with van der Waals surface area (Å²) < 4.78 is 18.5. The third-order valence-electron chi connectivity index (χ3n) is 2.49. The number of fused-ring (bicyclic) bond motifs is 3. The van der Waals surface area contributed by atoms with Crippen molar-refractivity contribution in [3.8, 4) is 0 Å². The molecule has 0 bridgehead atoms. The van der Waals surface area contributed by atoms with Crippen LogP contribution in [0.4, 0.5) is 4.39 Å². The highest BCUT2D eigenvalue weighted by atomic mass is 35.5. The van der Waals surface area contributed by atoms with E-state index in [2.05, 4.69) is 0 Å². The van der Waals surface area contributed by atoms with Gasteiger partial charge >= 0.3 is 0 Å². The van der Waals surface area contributed by atoms with Crippen molar-refractivity contribution in [2.24, 2.45) is 0 Å². The minimum atomic E-state index is -0.187. The zero-order valence-electron chi connectivity index (χ0n) is 6.18. The molecule has 62 valence electrons. The zero-order chi connectivity index (χ0) is 8.29. The highest BCUT2D eigenvalue weighted by Crippen LogP contribution is 2.49. The van der Waals surface area contributed by atoms with Gasteiger partial charge in [0, 0.05) is 11.4 Å². The third kappa shape index (κ3) is 0.767. The molecule has 0 N–H and O–H groups in total. The topological polar surface area (TPSA) is 12.5 Å². The van der Waals surface area contributed by atoms with Crippen molar-refractivity contribution in [1.29, 1.82) is 0 Å². The van der Waals surface area contributed by atoms with E-state index in [4.69, 9.17) is 16.3 Å². The molecule has 2 atom stereocenters. The van der Waals surface area contributed by atoms with E-state index < -0.39 is 0 Å². The van der Waals surface area contributed by atoms with Gasteiger partial charge in [0.25, 0.3) is 0 Å². The lowest BCUT2D eigenvalue weighted by molar-refractivity contribution is 0.357. The van der Waals surface area contributed by atoms with Crippen LogP contribution < -0.4 is 0 Å². The summed E-state index contributed by atoms with van der Waals surface area (Å²) in [4.78, 5) is 0. The maximum atomic E-state index is 13.2. The smallest absolute Gasteiger partial charge is 0.128 e. The Bertz CT molecular complexity index is 364. The highest BCUT2D eigenvalue weighted by Gasteiger charge is 2.48. The SMILES string of the molecule is Fc1cc(Cl)cc2c1C[C@H]1O[C@@H]21. The van der Waals surface area contributed by atoms with Crippen LogP contribution in [0.3, 0.4) is 0 Å². The molecular formula is C9H6ClFO. The van der Waals surface area contributed by atoms with Crippen molar-refractivity contribution < 1.29 is 9.13 Å². The first-order valence-corrected chi connectivity index (χ1v) is 4.27. The summed E-state index contributed by atoms with van der Waals surface area (Å²) in [6.45, 7) is 0. The minimum absolute atomic E-state index is 0.133. The normalized spacial score (nSPS) is 29.8. The summed E-state index contributed by atoms with van der Waals surface area (Å²) in [5, 5.41) is 0.461. The van der Waals surface area contributed by atoms with Crippen LogP contribution in [-0.4, -0.2) is 6.10 Å². The summed E-state index contributed by atoms with van der Waals surface area (Å²) in [6, 6.07) is 3.17. The molecule has 0 aromatic heterocycles. The Balaban J connectivity index is 2.24. The molecule has 0 amide bonds. The van der Waals surface area contributed by atoms with Crippen molar-refractivity contribution in [3.05, 3.63) is 34.1 Å². The van der Waals surface area contributed by atoms with Gasteiger partial charge in [-0.25, -0.2) is 4.39 Å². The maximum Gasteiger partial charge on any atom is 0.128 e. The lowest BCUT2D eigenvalue weighted by atomic mass is 10.1. The minimum Gasteiger partial charge on any atom is -0.364 e. The predicted molar refractivity (Wildman–Crippen MR) is 42.7 cm³/mol. The Morgan fingerprint density at radius 3 is 3.17 bits per heavy atom. The van der Waals surface area contributed by atoms with Gasteiger partial charge in [-0.1, -0.05) is 11.6 Å². The molecule has 1 fully saturated rings. The molecule has 1 aliphatic heterocycles. The first-order valence-electron chi connectivity index (χ1n) is 3.89. The van der Waals surface area contributed by atoms with Crippen LogP contribution in [0.2, 0.25) is 5.02 Å². The van der Waals surface area contributed by atoms with Crippen LogP contribution in [0, 0.1) is 5.82 Å². The fourth-order valence-corrected chi connectivity index (χ4v) is 2.08. The monoisotopic (exact) mass is 184 g/mol. The van der Waals surface area contributed by atoms with Crippen LogP contribution >= 0.6 is 11.6 Å². The van der Waals surface area contributed by atoms with Crippen molar-refractivity contribution >= 4 is 11.6 Å². The quantitative estimate of drug-likeness (QED) is 0.565. The fourth-order valence-electron chi connectivity index (χ4n) is 1.87. The second-order valence-corrected chi connectivity index (χ2v) is 3.69.